The number of cyclic esters (lactones) is 1. The number of esters is 1. The SMILES string of the molecule is O=C([O-])[O-].O=C1CCCCCO1.[Ca+2]. The summed E-state index contributed by atoms with van der Waals surface area (Å²) in [5, 5.41) is 16.7. The third kappa shape index (κ3) is 14.8. The standard InChI is InChI=1S/C6H10O2.CH2O3.Ca/c7-6-4-2-1-3-5-8-6;2-1(3)4;/h1-5H2;(H2,2,3,4);/q;;+2/p-2. The van der Waals surface area contributed by atoms with E-state index in [4.69, 9.17) is 19.7 Å². The number of hydrogen-bond donors (Lipinski definition) is 0. The minimum atomic E-state index is -2.33. The molecular weight excluding hydrogens is 204 g/mol. The number of ether oxygens (including phenoxy) is 1. The van der Waals surface area contributed by atoms with Crippen LogP contribution in [-0.4, -0.2) is 56.5 Å². The van der Waals surface area contributed by atoms with Gasteiger partial charge in [-0.05, 0) is 25.4 Å². The summed E-state index contributed by atoms with van der Waals surface area (Å²) in [6.07, 6.45) is 1.50. The van der Waals surface area contributed by atoms with Gasteiger partial charge in [0.2, 0.25) is 0 Å². The summed E-state index contributed by atoms with van der Waals surface area (Å²) in [5.74, 6) is -0.0255. The fraction of sp³-hybridized carbons (Fsp3) is 0.714. The third-order valence-corrected chi connectivity index (χ3v) is 1.29. The van der Waals surface area contributed by atoms with Crippen molar-refractivity contribution in [1.82, 2.24) is 0 Å². The summed E-state index contributed by atoms with van der Waals surface area (Å²) in [5.41, 5.74) is 0. The third-order valence-electron chi connectivity index (χ3n) is 1.29. The normalized spacial score (nSPS) is 15.2. The van der Waals surface area contributed by atoms with Gasteiger partial charge >= 0.3 is 43.7 Å². The van der Waals surface area contributed by atoms with Gasteiger partial charge in [-0.25, -0.2) is 0 Å². The Hall–Kier alpha value is -0.000260. The molecule has 0 aromatic heterocycles. The molecule has 0 saturated carbocycles. The Morgan fingerprint density at radius 2 is 1.77 bits per heavy atom. The first-order chi connectivity index (χ1) is 5.63. The number of rotatable bonds is 0. The van der Waals surface area contributed by atoms with E-state index in [0.717, 1.165) is 19.3 Å². The zero-order valence-corrected chi connectivity index (χ0v) is 9.49. The maximum Gasteiger partial charge on any atom is 2.00 e. The molecule has 0 aromatic rings. The molecule has 0 amide bonds. The second kappa shape index (κ2) is 10.1. The van der Waals surface area contributed by atoms with Gasteiger partial charge in [-0.2, -0.15) is 0 Å². The van der Waals surface area contributed by atoms with E-state index >= 15 is 0 Å². The molecule has 0 atom stereocenters. The van der Waals surface area contributed by atoms with Gasteiger partial charge in [-0.3, -0.25) is 4.79 Å². The zero-order valence-electron chi connectivity index (χ0n) is 7.28. The maximum absolute atomic E-state index is 10.5. The Kier molecular flexibility index (Phi) is 12.0. The molecule has 0 spiro atoms. The first kappa shape index (κ1) is 15.5. The summed E-state index contributed by atoms with van der Waals surface area (Å²) in [4.78, 5) is 18.8. The Balaban J connectivity index is 0. The monoisotopic (exact) mass is 214 g/mol. The molecule has 1 heterocycles. The molecule has 1 saturated heterocycles. The van der Waals surface area contributed by atoms with Gasteiger partial charge in [0.1, 0.15) is 0 Å². The maximum atomic E-state index is 10.5. The van der Waals surface area contributed by atoms with Crippen molar-refractivity contribution in [2.24, 2.45) is 0 Å². The van der Waals surface area contributed by atoms with Gasteiger partial charge in [0.15, 0.2) is 0 Å². The van der Waals surface area contributed by atoms with E-state index in [1.807, 2.05) is 0 Å². The summed E-state index contributed by atoms with van der Waals surface area (Å²) in [6.45, 7) is 0.638. The van der Waals surface area contributed by atoms with E-state index in [9.17, 15) is 4.79 Å². The van der Waals surface area contributed by atoms with Crippen molar-refractivity contribution < 1.29 is 24.5 Å². The molecule has 1 aliphatic rings. The van der Waals surface area contributed by atoms with Crippen molar-refractivity contribution in [3.05, 3.63) is 0 Å². The van der Waals surface area contributed by atoms with Gasteiger partial charge in [0, 0.05) is 6.42 Å². The molecule has 6 heteroatoms. The van der Waals surface area contributed by atoms with Crippen molar-refractivity contribution in [1.29, 1.82) is 0 Å². The smallest absolute Gasteiger partial charge is 0.652 e. The van der Waals surface area contributed by atoms with Crippen molar-refractivity contribution in [3.8, 4) is 0 Å². The zero-order chi connectivity index (χ0) is 9.40. The van der Waals surface area contributed by atoms with Gasteiger partial charge in [0.05, 0.1) is 6.61 Å². The average Bonchev–Trinajstić information content (AvgIpc) is 2.14. The van der Waals surface area contributed by atoms with E-state index in [1.165, 1.54) is 0 Å². The minimum Gasteiger partial charge on any atom is -0.652 e. The quantitative estimate of drug-likeness (QED) is 0.353. The topological polar surface area (TPSA) is 89.5 Å². The van der Waals surface area contributed by atoms with Crippen LogP contribution in [0.3, 0.4) is 0 Å². The Bertz CT molecular complexity index is 145. The van der Waals surface area contributed by atoms with Crippen molar-refractivity contribution in [3.63, 3.8) is 0 Å². The number of carbonyl (C=O) groups is 2. The molecule has 0 aliphatic carbocycles. The average molecular weight is 214 g/mol. The molecule has 0 radical (unpaired) electrons. The van der Waals surface area contributed by atoms with Crippen LogP contribution in [0.2, 0.25) is 0 Å². The second-order valence-corrected chi connectivity index (χ2v) is 2.28. The second-order valence-electron chi connectivity index (χ2n) is 2.28. The molecule has 0 bridgehead atoms. The van der Waals surface area contributed by atoms with Gasteiger partial charge in [-0.15, -0.1) is 0 Å². The van der Waals surface area contributed by atoms with Crippen LogP contribution in [0.25, 0.3) is 0 Å². The van der Waals surface area contributed by atoms with Crippen LogP contribution >= 0.6 is 0 Å². The van der Waals surface area contributed by atoms with Crippen LogP contribution in [0.5, 0.6) is 0 Å². The number of hydrogen-bond acceptors (Lipinski definition) is 5. The predicted molar refractivity (Wildman–Crippen MR) is 40.6 cm³/mol. The summed E-state index contributed by atoms with van der Waals surface area (Å²) < 4.78 is 4.76. The molecule has 0 aromatic carbocycles. The van der Waals surface area contributed by atoms with Crippen molar-refractivity contribution >= 4 is 49.9 Å². The summed E-state index contributed by atoms with van der Waals surface area (Å²) in [7, 11) is 0. The molecule has 1 aliphatic heterocycles. The van der Waals surface area contributed by atoms with Gasteiger partial charge in [-0.1, -0.05) is 0 Å². The molecule has 1 fully saturated rings. The molecule has 0 N–H and O–H groups in total. The minimum absolute atomic E-state index is 0. The fourth-order valence-electron chi connectivity index (χ4n) is 0.806. The Labute approximate surface area is 106 Å². The van der Waals surface area contributed by atoms with Crippen LogP contribution in [-0.2, 0) is 9.53 Å². The first-order valence-corrected chi connectivity index (χ1v) is 3.66. The number of carboxylic acid groups (broad SMARTS) is 2. The first-order valence-electron chi connectivity index (χ1n) is 3.66. The summed E-state index contributed by atoms with van der Waals surface area (Å²) in [6, 6.07) is 0. The van der Waals surface area contributed by atoms with Gasteiger partial charge in [0.25, 0.3) is 0 Å². The van der Waals surface area contributed by atoms with Crippen LogP contribution in [0.15, 0.2) is 0 Å². The molecule has 1 rings (SSSR count). The molecule has 13 heavy (non-hydrogen) atoms. The Morgan fingerprint density at radius 1 is 1.23 bits per heavy atom. The van der Waals surface area contributed by atoms with E-state index < -0.39 is 6.16 Å². The molecule has 5 nitrogen and oxygen atoms in total. The molecular formula is C7H10CaO5. The van der Waals surface area contributed by atoms with Crippen LogP contribution in [0.4, 0.5) is 4.79 Å². The fourth-order valence-corrected chi connectivity index (χ4v) is 0.806. The van der Waals surface area contributed by atoms with E-state index in [1.54, 1.807) is 0 Å². The predicted octanol–water partition coefficient (Wildman–Crippen LogP) is -1.72. The van der Waals surface area contributed by atoms with E-state index in [-0.39, 0.29) is 43.7 Å². The van der Waals surface area contributed by atoms with Crippen LogP contribution < -0.4 is 10.2 Å². The van der Waals surface area contributed by atoms with Crippen LogP contribution in [0.1, 0.15) is 25.7 Å². The van der Waals surface area contributed by atoms with Crippen molar-refractivity contribution in [2.75, 3.05) is 6.61 Å². The Morgan fingerprint density at radius 3 is 2.31 bits per heavy atom. The molecule has 70 valence electrons. The number of carbonyl (C=O) groups excluding carboxylic acids is 2. The summed E-state index contributed by atoms with van der Waals surface area (Å²) >= 11 is 0. The van der Waals surface area contributed by atoms with Crippen LogP contribution in [0, 0.1) is 0 Å². The van der Waals surface area contributed by atoms with Gasteiger partial charge < -0.3 is 19.7 Å². The van der Waals surface area contributed by atoms with E-state index in [0.29, 0.717) is 13.0 Å². The van der Waals surface area contributed by atoms with Crippen molar-refractivity contribution in [2.45, 2.75) is 25.7 Å². The molecule has 0 unspecified atom stereocenters. The van der Waals surface area contributed by atoms with E-state index in [2.05, 4.69) is 0 Å². The largest absolute Gasteiger partial charge is 2.00 e.